The van der Waals surface area contributed by atoms with Gasteiger partial charge >= 0.3 is 5.97 Å². The molecule has 0 saturated heterocycles. The van der Waals surface area contributed by atoms with Gasteiger partial charge in [0.25, 0.3) is 0 Å². The van der Waals surface area contributed by atoms with Crippen molar-refractivity contribution in [3.05, 3.63) is 17.3 Å². The van der Waals surface area contributed by atoms with Gasteiger partial charge in [-0.15, -0.1) is 0 Å². The maximum absolute atomic E-state index is 10.8. The number of carbonyl (C=O) groups is 1. The van der Waals surface area contributed by atoms with Crippen molar-refractivity contribution in [1.82, 2.24) is 14.5 Å². The summed E-state index contributed by atoms with van der Waals surface area (Å²) in [6.45, 7) is 2.92. The van der Waals surface area contributed by atoms with Crippen LogP contribution in [-0.2, 0) is 11.3 Å². The lowest BCUT2D eigenvalue weighted by Crippen LogP contribution is -2.07. The Balaban J connectivity index is 2.32. The zero-order valence-electron chi connectivity index (χ0n) is 11.7. The Morgan fingerprint density at radius 3 is 3.00 bits per heavy atom. The predicted molar refractivity (Wildman–Crippen MR) is 88.5 cm³/mol. The summed E-state index contributed by atoms with van der Waals surface area (Å²) in [6, 6.07) is 1.75. The minimum absolute atomic E-state index is 0.0187. The van der Waals surface area contributed by atoms with Crippen molar-refractivity contribution in [1.29, 1.82) is 0 Å². The highest BCUT2D eigenvalue weighted by Crippen LogP contribution is 2.25. The maximum atomic E-state index is 10.8. The lowest BCUT2D eigenvalue weighted by Gasteiger charge is -2.11. The van der Waals surface area contributed by atoms with Crippen LogP contribution in [0, 0.1) is 0 Å². The molecule has 0 aliphatic heterocycles. The number of pyridine rings is 1. The van der Waals surface area contributed by atoms with Crippen LogP contribution >= 0.6 is 35.1 Å². The molecular formula is C13H16ClN3O2S2. The van der Waals surface area contributed by atoms with Crippen molar-refractivity contribution in [2.45, 2.75) is 30.3 Å². The fourth-order valence-electron chi connectivity index (χ4n) is 1.83. The molecule has 0 aromatic carbocycles. The molecule has 1 N–H and O–H groups in total. The van der Waals surface area contributed by atoms with Crippen LogP contribution in [0.25, 0.3) is 11.2 Å². The molecule has 8 heteroatoms. The molecule has 1 unspecified atom stereocenters. The summed E-state index contributed by atoms with van der Waals surface area (Å²) in [5, 5.41) is 10.6. The average Bonchev–Trinajstić information content (AvgIpc) is 2.79. The lowest BCUT2D eigenvalue weighted by molar-refractivity contribution is -0.133. The van der Waals surface area contributed by atoms with E-state index in [9.17, 15) is 4.79 Å². The highest BCUT2D eigenvalue weighted by Gasteiger charge is 2.15. The van der Waals surface area contributed by atoms with Crippen LogP contribution in [0.4, 0.5) is 0 Å². The van der Waals surface area contributed by atoms with Gasteiger partial charge in [0.1, 0.15) is 5.52 Å². The van der Waals surface area contributed by atoms with E-state index < -0.39 is 5.97 Å². The van der Waals surface area contributed by atoms with Crippen LogP contribution in [-0.4, -0.2) is 42.9 Å². The Morgan fingerprint density at radius 1 is 1.57 bits per heavy atom. The van der Waals surface area contributed by atoms with Gasteiger partial charge in [-0.25, -0.2) is 9.97 Å². The fraction of sp³-hybridized carbons (Fsp3) is 0.462. The molecule has 0 radical (unpaired) electrons. The topological polar surface area (TPSA) is 68.0 Å². The molecule has 5 nitrogen and oxygen atoms in total. The van der Waals surface area contributed by atoms with E-state index in [4.69, 9.17) is 16.7 Å². The second-order valence-corrected chi connectivity index (χ2v) is 7.21. The molecule has 21 heavy (non-hydrogen) atoms. The summed E-state index contributed by atoms with van der Waals surface area (Å²) in [5.41, 5.74) is 1.45. The van der Waals surface area contributed by atoms with Gasteiger partial charge in [0.05, 0.1) is 10.8 Å². The number of thioether (sulfide) groups is 2. The molecule has 0 saturated carbocycles. The smallest absolute Gasteiger partial charge is 0.313 e. The molecule has 0 amide bonds. The molecule has 2 aromatic heterocycles. The number of nitrogens with zero attached hydrogens (tertiary/aromatic N) is 3. The third kappa shape index (κ3) is 4.28. The van der Waals surface area contributed by atoms with Gasteiger partial charge in [-0.1, -0.05) is 30.3 Å². The number of carboxylic acid groups (broad SMARTS) is 1. The first-order valence-corrected chi connectivity index (χ1v) is 9.05. The van der Waals surface area contributed by atoms with E-state index in [1.54, 1.807) is 24.0 Å². The molecule has 0 bridgehead atoms. The zero-order valence-corrected chi connectivity index (χ0v) is 14.1. The Hall–Kier alpha value is -0.920. The van der Waals surface area contributed by atoms with Crippen molar-refractivity contribution in [2.24, 2.45) is 0 Å². The molecule has 0 fully saturated rings. The second-order valence-electron chi connectivity index (χ2n) is 4.56. The normalized spacial score (nSPS) is 12.7. The Labute approximate surface area is 136 Å². The van der Waals surface area contributed by atoms with Crippen molar-refractivity contribution < 1.29 is 9.90 Å². The summed E-state index contributed by atoms with van der Waals surface area (Å²) in [4.78, 5) is 19.6. The Bertz CT molecular complexity index is 648. The van der Waals surface area contributed by atoms with E-state index in [2.05, 4.69) is 23.1 Å². The number of aromatic nitrogens is 3. The zero-order chi connectivity index (χ0) is 15.4. The van der Waals surface area contributed by atoms with Gasteiger partial charge in [-0.3, -0.25) is 4.79 Å². The minimum Gasteiger partial charge on any atom is -0.481 e. The summed E-state index contributed by atoms with van der Waals surface area (Å²) < 4.78 is 1.98. The number of aliphatic carboxylic acids is 1. The second kappa shape index (κ2) is 7.38. The highest BCUT2D eigenvalue weighted by molar-refractivity contribution is 7.99. The molecule has 2 heterocycles. The molecule has 114 valence electrons. The van der Waals surface area contributed by atoms with Crippen molar-refractivity contribution in [3.8, 4) is 0 Å². The van der Waals surface area contributed by atoms with Gasteiger partial charge in [-0.2, -0.15) is 11.8 Å². The van der Waals surface area contributed by atoms with Gasteiger partial charge in [0.2, 0.25) is 0 Å². The molecule has 2 rings (SSSR count). The summed E-state index contributed by atoms with van der Waals surface area (Å²) in [6.07, 6.45) is 4.64. The SMILES string of the molecule is CSC(C)CCn1c(SCC(=O)O)nc2cc(Cl)cnc21. The van der Waals surface area contributed by atoms with E-state index in [-0.39, 0.29) is 5.75 Å². The first-order valence-electron chi connectivity index (χ1n) is 6.40. The molecule has 0 spiro atoms. The van der Waals surface area contributed by atoms with Crippen molar-refractivity contribution >= 4 is 52.3 Å². The number of hydrogen-bond donors (Lipinski definition) is 1. The monoisotopic (exact) mass is 345 g/mol. The van der Waals surface area contributed by atoms with Crippen molar-refractivity contribution in [2.75, 3.05) is 12.0 Å². The first-order chi connectivity index (χ1) is 10.0. The minimum atomic E-state index is -0.859. The van der Waals surface area contributed by atoms with Gasteiger partial charge in [0, 0.05) is 18.0 Å². The average molecular weight is 346 g/mol. The summed E-state index contributed by atoms with van der Waals surface area (Å²) in [7, 11) is 0. The van der Waals surface area contributed by atoms with E-state index in [0.29, 0.717) is 20.9 Å². The van der Waals surface area contributed by atoms with Crippen LogP contribution < -0.4 is 0 Å². The highest BCUT2D eigenvalue weighted by atomic mass is 35.5. The van der Waals surface area contributed by atoms with E-state index in [0.717, 1.165) is 18.6 Å². The quantitative estimate of drug-likeness (QED) is 0.776. The van der Waals surface area contributed by atoms with Crippen molar-refractivity contribution in [3.63, 3.8) is 0 Å². The first kappa shape index (κ1) is 16.5. The molecule has 0 aliphatic rings. The van der Waals surface area contributed by atoms with Crippen LogP contribution in [0.2, 0.25) is 5.02 Å². The van der Waals surface area contributed by atoms with E-state index >= 15 is 0 Å². The molecule has 2 aromatic rings. The van der Waals surface area contributed by atoms with Crippen LogP contribution in [0.3, 0.4) is 0 Å². The number of fused-ring (bicyclic) bond motifs is 1. The Morgan fingerprint density at radius 2 is 2.33 bits per heavy atom. The number of imidazole rings is 1. The van der Waals surface area contributed by atoms with E-state index in [1.165, 1.54) is 11.8 Å². The number of hydrogen-bond acceptors (Lipinski definition) is 5. The van der Waals surface area contributed by atoms with Gasteiger partial charge < -0.3 is 9.67 Å². The molecule has 0 aliphatic carbocycles. The van der Waals surface area contributed by atoms with Gasteiger partial charge in [-0.05, 0) is 18.7 Å². The van der Waals surface area contributed by atoms with Gasteiger partial charge in [0.15, 0.2) is 10.8 Å². The number of carboxylic acids is 1. The largest absolute Gasteiger partial charge is 0.481 e. The summed E-state index contributed by atoms with van der Waals surface area (Å²) in [5.74, 6) is -0.878. The number of aryl methyl sites for hydroxylation is 1. The van der Waals surface area contributed by atoms with Crippen LogP contribution in [0.15, 0.2) is 17.4 Å². The van der Waals surface area contributed by atoms with Crippen LogP contribution in [0.1, 0.15) is 13.3 Å². The maximum Gasteiger partial charge on any atom is 0.313 e. The number of halogens is 1. The lowest BCUT2D eigenvalue weighted by atomic mass is 10.3. The molecule has 1 atom stereocenters. The fourth-order valence-corrected chi connectivity index (χ4v) is 3.07. The Kier molecular flexibility index (Phi) is 5.78. The van der Waals surface area contributed by atoms with Crippen LogP contribution in [0.5, 0.6) is 0 Å². The molecular weight excluding hydrogens is 330 g/mol. The predicted octanol–water partition coefficient (Wildman–Crippen LogP) is 3.40. The number of rotatable bonds is 7. The third-order valence-electron chi connectivity index (χ3n) is 3.00. The third-order valence-corrected chi connectivity index (χ3v) is 5.21. The standard InChI is InChI=1S/C13H16ClN3O2S2/c1-8(20-2)3-4-17-12-10(5-9(14)6-15-12)16-13(17)21-7-11(18)19/h5-6,8H,3-4,7H2,1-2H3,(H,18,19). The van der Waals surface area contributed by atoms with E-state index in [1.807, 2.05) is 4.57 Å². The summed E-state index contributed by atoms with van der Waals surface area (Å²) >= 11 is 8.95.